The molecule has 1 aliphatic rings. The topological polar surface area (TPSA) is 95.0 Å². The number of rotatable bonds is 3. The highest BCUT2D eigenvalue weighted by atomic mass is 32.2. The molecule has 2 heterocycles. The number of hydrogen-bond donors (Lipinski definition) is 2. The van der Waals surface area contributed by atoms with E-state index in [1.54, 1.807) is 0 Å². The Bertz CT molecular complexity index is 963. The normalized spacial score (nSPS) is 18.3. The third-order valence-corrected chi connectivity index (χ3v) is 6.13. The molecule has 0 saturated heterocycles. The molecule has 0 unspecified atom stereocenters. The lowest BCUT2D eigenvalue weighted by Gasteiger charge is -2.17. The van der Waals surface area contributed by atoms with Crippen molar-refractivity contribution in [2.75, 3.05) is 11.3 Å². The number of benzene rings is 1. The predicted octanol–water partition coefficient (Wildman–Crippen LogP) is 3.50. The number of ether oxygens (including phenoxy) is 1. The molecule has 0 amide bonds. The van der Waals surface area contributed by atoms with Crippen LogP contribution in [0.15, 0.2) is 29.3 Å². The van der Waals surface area contributed by atoms with Gasteiger partial charge in [-0.25, -0.2) is 12.8 Å². The number of nitriles is 1. The molecule has 3 rings (SSSR count). The summed E-state index contributed by atoms with van der Waals surface area (Å²) in [5, 5.41) is 8.81. The number of halogens is 1. The Kier molecular flexibility index (Phi) is 5.82. The lowest BCUT2D eigenvalue weighted by atomic mass is 10.0. The van der Waals surface area contributed by atoms with E-state index in [9.17, 15) is 12.8 Å². The van der Waals surface area contributed by atoms with Crippen LogP contribution in [0.3, 0.4) is 0 Å². The van der Waals surface area contributed by atoms with Gasteiger partial charge in [0, 0.05) is 18.5 Å². The fourth-order valence-corrected chi connectivity index (χ4v) is 4.53. The summed E-state index contributed by atoms with van der Waals surface area (Å²) in [6, 6.07) is 5.45. The smallest absolute Gasteiger partial charge is 0.263 e. The van der Waals surface area contributed by atoms with Crippen molar-refractivity contribution in [2.24, 2.45) is 0 Å². The standard InChI is InChI=1S/C19H22FN3O3S/c1-13-5-7-15-17(4-2-3-9-26-13)22-12-19(15)27(24,25)23-18-8-6-14(11-21)10-16(18)20/h6,8,10,12-13,22-23H,2-5,7,9H2,1H3/t13-/m0/s1. The molecule has 27 heavy (non-hydrogen) atoms. The minimum absolute atomic E-state index is 0.0466. The van der Waals surface area contributed by atoms with Gasteiger partial charge < -0.3 is 9.72 Å². The van der Waals surface area contributed by atoms with Gasteiger partial charge in [0.05, 0.1) is 23.4 Å². The van der Waals surface area contributed by atoms with E-state index in [-0.39, 0.29) is 22.3 Å². The van der Waals surface area contributed by atoms with Crippen LogP contribution in [0.5, 0.6) is 0 Å². The first-order valence-corrected chi connectivity index (χ1v) is 10.4. The second kappa shape index (κ2) is 8.11. The summed E-state index contributed by atoms with van der Waals surface area (Å²) in [5.41, 5.74) is 1.59. The molecule has 1 aliphatic heterocycles. The van der Waals surface area contributed by atoms with Crippen LogP contribution < -0.4 is 4.72 Å². The quantitative estimate of drug-likeness (QED) is 0.837. The summed E-state index contributed by atoms with van der Waals surface area (Å²) in [5.74, 6) is -0.786. The van der Waals surface area contributed by atoms with Gasteiger partial charge in [-0.1, -0.05) is 0 Å². The first kappa shape index (κ1) is 19.4. The number of aromatic nitrogens is 1. The number of H-pyrrole nitrogens is 1. The number of fused-ring (bicyclic) bond motifs is 1. The molecular formula is C19H22FN3O3S. The number of aryl methyl sites for hydroxylation is 1. The lowest BCUT2D eigenvalue weighted by molar-refractivity contribution is 0.0571. The fraction of sp³-hybridized carbons (Fsp3) is 0.421. The van der Waals surface area contributed by atoms with Crippen molar-refractivity contribution in [3.8, 4) is 6.07 Å². The minimum Gasteiger partial charge on any atom is -0.378 e. The zero-order valence-electron chi connectivity index (χ0n) is 15.1. The van der Waals surface area contributed by atoms with Gasteiger partial charge in [-0.15, -0.1) is 0 Å². The highest BCUT2D eigenvalue weighted by Crippen LogP contribution is 2.27. The molecule has 0 fully saturated rings. The van der Waals surface area contributed by atoms with Crippen molar-refractivity contribution < 1.29 is 17.5 Å². The van der Waals surface area contributed by atoms with Crippen LogP contribution in [0.25, 0.3) is 0 Å². The highest BCUT2D eigenvalue weighted by Gasteiger charge is 2.24. The molecule has 1 atom stereocenters. The van der Waals surface area contributed by atoms with E-state index in [0.717, 1.165) is 36.6 Å². The van der Waals surface area contributed by atoms with Gasteiger partial charge in [0.2, 0.25) is 0 Å². The first-order chi connectivity index (χ1) is 12.9. The van der Waals surface area contributed by atoms with E-state index in [2.05, 4.69) is 9.71 Å². The maximum Gasteiger partial charge on any atom is 0.263 e. The third-order valence-electron chi connectivity index (χ3n) is 4.70. The van der Waals surface area contributed by atoms with Crippen LogP contribution in [-0.4, -0.2) is 26.1 Å². The Labute approximate surface area is 158 Å². The van der Waals surface area contributed by atoms with Gasteiger partial charge in [0.25, 0.3) is 10.0 Å². The Morgan fingerprint density at radius 2 is 2.15 bits per heavy atom. The molecule has 6 nitrogen and oxygen atoms in total. The predicted molar refractivity (Wildman–Crippen MR) is 99.4 cm³/mol. The molecule has 2 aromatic rings. The van der Waals surface area contributed by atoms with Crippen LogP contribution >= 0.6 is 0 Å². The van der Waals surface area contributed by atoms with E-state index < -0.39 is 15.8 Å². The van der Waals surface area contributed by atoms with E-state index in [4.69, 9.17) is 10.00 Å². The van der Waals surface area contributed by atoms with E-state index in [1.165, 1.54) is 18.3 Å². The Morgan fingerprint density at radius 3 is 2.89 bits per heavy atom. The molecule has 1 aromatic heterocycles. The Balaban J connectivity index is 1.91. The number of nitrogens with zero attached hydrogens (tertiary/aromatic N) is 1. The van der Waals surface area contributed by atoms with Crippen LogP contribution in [0, 0.1) is 17.1 Å². The van der Waals surface area contributed by atoms with Gasteiger partial charge in [0.15, 0.2) is 0 Å². The van der Waals surface area contributed by atoms with Crippen LogP contribution in [0.2, 0.25) is 0 Å². The molecule has 0 bridgehead atoms. The summed E-state index contributed by atoms with van der Waals surface area (Å²) < 4.78 is 47.9. The average Bonchev–Trinajstić information content (AvgIpc) is 3.05. The van der Waals surface area contributed by atoms with E-state index in [1.807, 2.05) is 13.0 Å². The van der Waals surface area contributed by atoms with Gasteiger partial charge in [0.1, 0.15) is 10.7 Å². The van der Waals surface area contributed by atoms with Crippen LogP contribution in [0.4, 0.5) is 10.1 Å². The second-order valence-electron chi connectivity index (χ2n) is 6.70. The fourth-order valence-electron chi connectivity index (χ4n) is 3.20. The summed E-state index contributed by atoms with van der Waals surface area (Å²) in [6.45, 7) is 2.69. The van der Waals surface area contributed by atoms with Crippen LogP contribution in [-0.2, 0) is 27.6 Å². The van der Waals surface area contributed by atoms with Crippen LogP contribution in [0.1, 0.15) is 43.0 Å². The molecule has 0 radical (unpaired) electrons. The van der Waals surface area contributed by atoms with Crippen molar-refractivity contribution >= 4 is 15.7 Å². The summed E-state index contributed by atoms with van der Waals surface area (Å²) in [7, 11) is -3.97. The Morgan fingerprint density at radius 1 is 1.33 bits per heavy atom. The number of hydrogen-bond acceptors (Lipinski definition) is 4. The minimum atomic E-state index is -3.97. The van der Waals surface area contributed by atoms with Crippen molar-refractivity contribution in [2.45, 2.75) is 50.0 Å². The maximum atomic E-state index is 14.1. The first-order valence-electron chi connectivity index (χ1n) is 8.94. The SMILES string of the molecule is C[C@H]1CCc2c(S(=O)(=O)Nc3ccc(C#N)cc3F)c[nH]c2CCCCO1. The molecule has 0 saturated carbocycles. The van der Waals surface area contributed by atoms with E-state index in [0.29, 0.717) is 19.4 Å². The largest absolute Gasteiger partial charge is 0.378 e. The summed E-state index contributed by atoms with van der Waals surface area (Å²) in [4.78, 5) is 3.22. The Hall–Kier alpha value is -2.37. The van der Waals surface area contributed by atoms with Crippen molar-refractivity contribution in [1.29, 1.82) is 5.26 Å². The van der Waals surface area contributed by atoms with Crippen molar-refractivity contribution in [3.63, 3.8) is 0 Å². The number of aromatic amines is 1. The van der Waals surface area contributed by atoms with Gasteiger partial charge in [-0.05, 0) is 62.8 Å². The molecule has 8 heteroatoms. The lowest BCUT2D eigenvalue weighted by Crippen LogP contribution is -2.17. The average molecular weight is 391 g/mol. The van der Waals surface area contributed by atoms with E-state index >= 15 is 0 Å². The maximum absolute atomic E-state index is 14.1. The number of anilines is 1. The van der Waals surface area contributed by atoms with Gasteiger partial charge >= 0.3 is 0 Å². The van der Waals surface area contributed by atoms with Gasteiger partial charge in [-0.2, -0.15) is 5.26 Å². The molecule has 0 aliphatic carbocycles. The highest BCUT2D eigenvalue weighted by molar-refractivity contribution is 7.92. The zero-order valence-corrected chi connectivity index (χ0v) is 15.9. The number of nitrogens with one attached hydrogen (secondary N) is 2. The summed E-state index contributed by atoms with van der Waals surface area (Å²) in [6.07, 6.45) is 5.35. The summed E-state index contributed by atoms with van der Waals surface area (Å²) >= 11 is 0. The van der Waals surface area contributed by atoms with Crippen molar-refractivity contribution in [3.05, 3.63) is 47.0 Å². The molecule has 0 spiro atoms. The molecule has 144 valence electrons. The third kappa shape index (κ3) is 4.49. The van der Waals surface area contributed by atoms with Gasteiger partial charge in [-0.3, -0.25) is 4.72 Å². The van der Waals surface area contributed by atoms with Crippen molar-refractivity contribution in [1.82, 2.24) is 4.98 Å². The monoisotopic (exact) mass is 391 g/mol. The molecule has 1 aromatic carbocycles. The number of sulfonamides is 1. The molecular weight excluding hydrogens is 369 g/mol. The zero-order chi connectivity index (χ0) is 19.4. The molecule has 2 N–H and O–H groups in total. The second-order valence-corrected chi connectivity index (χ2v) is 8.35.